The smallest absolute Gasteiger partial charge is 0.217 e. The molecule has 0 aromatic carbocycles. The van der Waals surface area contributed by atoms with E-state index in [1.54, 1.807) is 0 Å². The monoisotopic (exact) mass is 482 g/mol. The summed E-state index contributed by atoms with van der Waals surface area (Å²) in [6, 6.07) is -2.42. The van der Waals surface area contributed by atoms with Gasteiger partial charge in [-0.05, 0) is 6.92 Å². The molecule has 0 aromatic rings. The normalized spacial score (nSPS) is 40.2. The van der Waals surface area contributed by atoms with Gasteiger partial charge in [0.1, 0.15) is 48.7 Å². The van der Waals surface area contributed by atoms with Gasteiger partial charge in [0.25, 0.3) is 0 Å². The zero-order chi connectivity index (χ0) is 24.9. The van der Waals surface area contributed by atoms with Crippen LogP contribution in [0.2, 0.25) is 0 Å². The molecule has 2 rings (SSSR count). The Labute approximate surface area is 190 Å². The van der Waals surface area contributed by atoms with Crippen molar-refractivity contribution in [3.05, 3.63) is 0 Å². The average molecular weight is 482 g/mol. The number of amides is 2. The fourth-order valence-corrected chi connectivity index (χ4v) is 3.71. The van der Waals surface area contributed by atoms with E-state index < -0.39 is 99.0 Å². The van der Waals surface area contributed by atoms with E-state index in [-0.39, 0.29) is 0 Å². The van der Waals surface area contributed by atoms with Gasteiger partial charge >= 0.3 is 0 Å². The molecule has 2 aliphatic heterocycles. The van der Waals surface area contributed by atoms with Crippen LogP contribution in [-0.4, -0.2) is 130 Å². The van der Waals surface area contributed by atoms with Crippen LogP contribution in [0.15, 0.2) is 0 Å². The number of rotatable bonds is 9. The van der Waals surface area contributed by atoms with Crippen molar-refractivity contribution < 1.29 is 59.2 Å². The Morgan fingerprint density at radius 2 is 1.55 bits per heavy atom. The van der Waals surface area contributed by atoms with Gasteiger partial charge in [-0.2, -0.15) is 0 Å². The molecule has 2 saturated heterocycles. The molecule has 8 N–H and O–H groups in total. The Morgan fingerprint density at radius 1 is 0.939 bits per heavy atom. The molecule has 11 atom stereocenters. The fraction of sp³-hybridized carbons (Fsp3) is 0.895. The number of aliphatic hydroxyl groups is 6. The molecule has 14 heteroatoms. The van der Waals surface area contributed by atoms with Gasteiger partial charge in [-0.25, -0.2) is 0 Å². The maximum absolute atomic E-state index is 11.8. The van der Waals surface area contributed by atoms with E-state index in [0.717, 1.165) is 0 Å². The molecule has 33 heavy (non-hydrogen) atoms. The first-order chi connectivity index (χ1) is 15.5. The minimum Gasteiger partial charge on any atom is -0.394 e. The van der Waals surface area contributed by atoms with Gasteiger partial charge in [-0.15, -0.1) is 0 Å². The van der Waals surface area contributed by atoms with Crippen LogP contribution in [0.3, 0.4) is 0 Å². The first-order valence-corrected chi connectivity index (χ1v) is 10.6. The molecule has 2 aliphatic rings. The van der Waals surface area contributed by atoms with E-state index in [9.17, 15) is 35.1 Å². The molecule has 2 heterocycles. The van der Waals surface area contributed by atoms with Crippen LogP contribution in [0.1, 0.15) is 20.8 Å². The number of hydrogen-bond donors (Lipinski definition) is 8. The van der Waals surface area contributed by atoms with Crippen molar-refractivity contribution in [1.29, 1.82) is 0 Å². The third-order valence-electron chi connectivity index (χ3n) is 5.39. The molecule has 0 aromatic heterocycles. The molecule has 0 bridgehead atoms. The summed E-state index contributed by atoms with van der Waals surface area (Å²) in [6.07, 6.45) is -11.8. The molecular weight excluding hydrogens is 448 g/mol. The summed E-state index contributed by atoms with van der Waals surface area (Å²) in [6.45, 7) is 2.20. The number of nitrogens with one attached hydrogen (secondary N) is 2. The molecule has 0 spiro atoms. The van der Waals surface area contributed by atoms with Gasteiger partial charge in [-0.3, -0.25) is 9.59 Å². The van der Waals surface area contributed by atoms with Crippen molar-refractivity contribution in [1.82, 2.24) is 10.6 Å². The van der Waals surface area contributed by atoms with Gasteiger partial charge < -0.3 is 60.2 Å². The van der Waals surface area contributed by atoms with Crippen LogP contribution >= 0.6 is 0 Å². The second-order valence-corrected chi connectivity index (χ2v) is 8.13. The van der Waals surface area contributed by atoms with Gasteiger partial charge in [0.05, 0.1) is 25.9 Å². The summed E-state index contributed by atoms with van der Waals surface area (Å²) in [5.41, 5.74) is 0. The predicted molar refractivity (Wildman–Crippen MR) is 107 cm³/mol. The Bertz CT molecular complexity index is 654. The van der Waals surface area contributed by atoms with E-state index in [0.29, 0.717) is 0 Å². The average Bonchev–Trinajstić information content (AvgIpc) is 2.75. The number of carbonyl (C=O) groups excluding carboxylic acids is 2. The summed E-state index contributed by atoms with van der Waals surface area (Å²) < 4.78 is 22.5. The number of hydrogen-bond acceptors (Lipinski definition) is 12. The maximum atomic E-state index is 11.8. The minimum atomic E-state index is -1.52. The SMILES string of the molecule is CC(=O)N[C@@H]1[C@H](O[C@H]2[C@H](O)[C@@H](CO)O[C@@H](OCC(O)CO)[C@@H]2NC(C)=O)O[C@@H](C)[C@@H](O)[C@H]1O. The van der Waals surface area contributed by atoms with E-state index in [4.69, 9.17) is 24.1 Å². The van der Waals surface area contributed by atoms with Crippen LogP contribution in [0.4, 0.5) is 0 Å². The fourth-order valence-electron chi connectivity index (χ4n) is 3.71. The van der Waals surface area contributed by atoms with Gasteiger partial charge in [0, 0.05) is 13.8 Å². The highest BCUT2D eigenvalue weighted by Gasteiger charge is 2.51. The summed E-state index contributed by atoms with van der Waals surface area (Å²) in [5.74, 6) is -1.09. The van der Waals surface area contributed by atoms with E-state index in [2.05, 4.69) is 10.6 Å². The zero-order valence-electron chi connectivity index (χ0n) is 18.6. The molecule has 0 aliphatic carbocycles. The lowest BCUT2D eigenvalue weighted by atomic mass is 9.94. The molecule has 1 unspecified atom stereocenters. The van der Waals surface area contributed by atoms with Crippen LogP contribution in [0, 0.1) is 0 Å². The third kappa shape index (κ3) is 7.02. The lowest BCUT2D eigenvalue weighted by Crippen LogP contribution is -2.69. The third-order valence-corrected chi connectivity index (χ3v) is 5.39. The first-order valence-electron chi connectivity index (χ1n) is 10.6. The van der Waals surface area contributed by atoms with E-state index in [1.807, 2.05) is 0 Å². The van der Waals surface area contributed by atoms with Gasteiger partial charge in [0.2, 0.25) is 11.8 Å². The summed E-state index contributed by atoms with van der Waals surface area (Å²) >= 11 is 0. The summed E-state index contributed by atoms with van der Waals surface area (Å²) in [7, 11) is 0. The number of carbonyl (C=O) groups is 2. The number of aliphatic hydroxyl groups excluding tert-OH is 6. The topological polar surface area (TPSA) is 216 Å². The maximum Gasteiger partial charge on any atom is 0.217 e. The van der Waals surface area contributed by atoms with Crippen molar-refractivity contribution in [2.45, 2.75) is 88.2 Å². The Hall–Kier alpha value is -1.46. The Kier molecular flexibility index (Phi) is 10.4. The standard InChI is InChI=1S/C19H34N2O12/c1-7-14(27)16(29)12(20-8(2)24)19(31-7)33-17-13(21-9(3)25)18(30-6-10(26)4-22)32-11(5-23)15(17)28/h7,10-19,22-23,26-29H,4-6H2,1-3H3,(H,20,24)(H,21,25)/t7-,10?,11+,12-,13+,14+,15+,16-,17+,18+,19-/m0/s1. The molecule has 192 valence electrons. The summed E-state index contributed by atoms with van der Waals surface area (Å²) in [4.78, 5) is 23.5. The lowest BCUT2D eigenvalue weighted by molar-refractivity contribution is -0.326. The quantitative estimate of drug-likeness (QED) is 0.155. The van der Waals surface area contributed by atoms with Crippen molar-refractivity contribution in [3.63, 3.8) is 0 Å². The van der Waals surface area contributed by atoms with Crippen molar-refractivity contribution in [3.8, 4) is 0 Å². The highest BCUT2D eigenvalue weighted by Crippen LogP contribution is 2.29. The van der Waals surface area contributed by atoms with Gasteiger partial charge in [0.15, 0.2) is 12.6 Å². The van der Waals surface area contributed by atoms with E-state index >= 15 is 0 Å². The molecule has 2 amide bonds. The molecule has 0 saturated carbocycles. The van der Waals surface area contributed by atoms with Crippen molar-refractivity contribution in [2.75, 3.05) is 19.8 Å². The largest absolute Gasteiger partial charge is 0.394 e. The Balaban J connectivity index is 2.33. The molecule has 0 radical (unpaired) electrons. The van der Waals surface area contributed by atoms with Crippen LogP contribution in [0.25, 0.3) is 0 Å². The second kappa shape index (κ2) is 12.3. The number of ether oxygens (including phenoxy) is 4. The van der Waals surface area contributed by atoms with Crippen molar-refractivity contribution >= 4 is 11.8 Å². The summed E-state index contributed by atoms with van der Waals surface area (Å²) in [5, 5.41) is 64.6. The highest BCUT2D eigenvalue weighted by atomic mass is 16.7. The van der Waals surface area contributed by atoms with E-state index in [1.165, 1.54) is 20.8 Å². The molecule has 14 nitrogen and oxygen atoms in total. The predicted octanol–water partition coefficient (Wildman–Crippen LogP) is -4.70. The van der Waals surface area contributed by atoms with Gasteiger partial charge in [-0.1, -0.05) is 0 Å². The zero-order valence-corrected chi connectivity index (χ0v) is 18.6. The second-order valence-electron chi connectivity index (χ2n) is 8.13. The van der Waals surface area contributed by atoms with Crippen LogP contribution in [-0.2, 0) is 28.5 Å². The minimum absolute atomic E-state index is 0.394. The first kappa shape index (κ1) is 27.8. The molecule has 2 fully saturated rings. The van der Waals surface area contributed by atoms with Crippen LogP contribution in [0.5, 0.6) is 0 Å². The highest BCUT2D eigenvalue weighted by molar-refractivity contribution is 5.73. The van der Waals surface area contributed by atoms with Crippen molar-refractivity contribution in [2.24, 2.45) is 0 Å². The Morgan fingerprint density at radius 3 is 2.09 bits per heavy atom. The lowest BCUT2D eigenvalue weighted by Gasteiger charge is -2.48. The van der Waals surface area contributed by atoms with Crippen LogP contribution < -0.4 is 10.6 Å². The molecular formula is C19H34N2O12.